The molecule has 0 saturated carbocycles. The highest BCUT2D eigenvalue weighted by Crippen LogP contribution is 2.25. The number of pyridine rings is 2. The Balaban J connectivity index is 0.000000448. The van der Waals surface area contributed by atoms with Gasteiger partial charge >= 0.3 is 5.97 Å². The third kappa shape index (κ3) is 12.3. The highest BCUT2D eigenvalue weighted by Gasteiger charge is 2.25. The molecule has 14 heteroatoms. The molecule has 2 heterocycles. The molecule has 1 unspecified atom stereocenters. The summed E-state index contributed by atoms with van der Waals surface area (Å²) < 4.78 is 83.9. The summed E-state index contributed by atoms with van der Waals surface area (Å²) in [5.74, 6) is -2.70. The molecule has 0 spiro atoms. The highest BCUT2D eigenvalue weighted by molar-refractivity contribution is 7.91. The van der Waals surface area contributed by atoms with E-state index in [1.807, 2.05) is 37.3 Å². The Morgan fingerprint density at radius 2 is 1.56 bits per heavy atom. The number of sulfonamides is 1. The zero-order chi connectivity index (χ0) is 32.0. The van der Waals surface area contributed by atoms with Crippen molar-refractivity contribution in [1.82, 2.24) is 9.97 Å². The molecule has 0 bridgehead atoms. The fraction of sp³-hybridized carbons (Fsp3) is 0.414. The van der Waals surface area contributed by atoms with Crippen LogP contribution >= 0.6 is 0 Å². The van der Waals surface area contributed by atoms with Crippen molar-refractivity contribution in [1.29, 1.82) is 0 Å². The minimum absolute atomic E-state index is 0.0516. The highest BCUT2D eigenvalue weighted by atomic mass is 32.2. The molecule has 10 nitrogen and oxygen atoms in total. The lowest BCUT2D eigenvalue weighted by Gasteiger charge is -2.15. The smallest absolute Gasteiger partial charge is 0.306 e. The van der Waals surface area contributed by atoms with Gasteiger partial charge in [-0.15, -0.1) is 0 Å². The first kappa shape index (κ1) is 35.7. The first-order valence-corrected chi connectivity index (χ1v) is 16.8. The quantitative estimate of drug-likeness (QED) is 0.191. The number of carbonyl (C=O) groups is 1. The zero-order valence-corrected chi connectivity index (χ0v) is 26.0. The van der Waals surface area contributed by atoms with Crippen molar-refractivity contribution in [3.63, 3.8) is 0 Å². The van der Waals surface area contributed by atoms with Gasteiger partial charge in [0.1, 0.15) is 6.61 Å². The molecule has 3 aromatic rings. The number of primary sulfonamides is 1. The van der Waals surface area contributed by atoms with E-state index in [1.54, 1.807) is 0 Å². The van der Waals surface area contributed by atoms with Crippen LogP contribution in [0.4, 0.5) is 8.78 Å². The Morgan fingerprint density at radius 1 is 0.930 bits per heavy atom. The predicted molar refractivity (Wildman–Crippen MR) is 156 cm³/mol. The molecule has 0 aliphatic heterocycles. The van der Waals surface area contributed by atoms with Gasteiger partial charge in [0, 0.05) is 0 Å². The second-order valence-electron chi connectivity index (χ2n) is 9.68. The molecule has 3 rings (SSSR count). The van der Waals surface area contributed by atoms with Crippen LogP contribution in [-0.4, -0.2) is 45.1 Å². The Kier molecular flexibility index (Phi) is 14.1. The fourth-order valence-electron chi connectivity index (χ4n) is 3.74. The van der Waals surface area contributed by atoms with E-state index in [9.17, 15) is 30.4 Å². The minimum Gasteiger partial charge on any atom is -0.486 e. The Labute approximate surface area is 251 Å². The van der Waals surface area contributed by atoms with Crippen LogP contribution in [0, 0.1) is 24.7 Å². The normalized spacial score (nSPS) is 12.1. The molecule has 2 N–H and O–H groups in total. The number of esters is 1. The predicted octanol–water partition coefficient (Wildman–Crippen LogP) is 4.90. The van der Waals surface area contributed by atoms with Crippen LogP contribution in [0.1, 0.15) is 57.1 Å². The van der Waals surface area contributed by atoms with Crippen LogP contribution in [0.3, 0.4) is 0 Å². The third-order valence-corrected chi connectivity index (χ3v) is 8.78. The lowest BCUT2D eigenvalue weighted by Crippen LogP contribution is -2.18. The van der Waals surface area contributed by atoms with Gasteiger partial charge in [-0.05, 0) is 48.6 Å². The topological polar surface area (TPSA) is 156 Å². The lowest BCUT2D eigenvalue weighted by atomic mass is 10.0. The first-order chi connectivity index (χ1) is 20.3. The van der Waals surface area contributed by atoms with Gasteiger partial charge in [0.15, 0.2) is 25.6 Å². The molecule has 1 aromatic carbocycles. The minimum atomic E-state index is -4.05. The summed E-state index contributed by atoms with van der Waals surface area (Å²) in [5, 5.41) is 3.85. The summed E-state index contributed by atoms with van der Waals surface area (Å²) in [5.41, 5.74) is 1.16. The number of nitrogens with zero attached hydrogens (tertiary/aromatic N) is 2. The van der Waals surface area contributed by atoms with E-state index in [1.165, 1.54) is 19.1 Å². The van der Waals surface area contributed by atoms with Crippen LogP contribution in [-0.2, 0) is 36.0 Å². The molecule has 0 aliphatic carbocycles. The molecule has 0 aliphatic rings. The van der Waals surface area contributed by atoms with Gasteiger partial charge < -0.3 is 9.47 Å². The molecule has 43 heavy (non-hydrogen) atoms. The number of nitrogens with two attached hydrogens (primary N) is 1. The molecule has 2 aromatic heterocycles. The Hall–Kier alpha value is -3.49. The van der Waals surface area contributed by atoms with Crippen LogP contribution in [0.25, 0.3) is 0 Å². The van der Waals surface area contributed by atoms with Gasteiger partial charge in [-0.3, -0.25) is 4.79 Å². The number of halogens is 2. The molecular formula is C29H37F2N3O7S2. The maximum absolute atomic E-state index is 13.7. The standard InChI is InChI=1S/C23H30FNO5S.C6H7FN2O2S/c1-3-5-9-18(4-2)16-30-22(26)14-15-31(27,28)23-20(12-13-21(24)25-23)29-17-19-10-7-6-8-11-19;1-4-2-3-5(7)9-6(4)12(8,10)11/h6-8,10-13,18H,3-5,9,14-17H2,1-2H3;2-3H,1H3,(H2,8,10,11). The van der Waals surface area contributed by atoms with Crippen molar-refractivity contribution in [3.05, 3.63) is 77.6 Å². The van der Waals surface area contributed by atoms with Crippen molar-refractivity contribution in [2.75, 3.05) is 12.4 Å². The summed E-state index contributed by atoms with van der Waals surface area (Å²) >= 11 is 0. The average Bonchev–Trinajstić information content (AvgIpc) is 2.97. The van der Waals surface area contributed by atoms with Gasteiger partial charge in [-0.1, -0.05) is 69.5 Å². The monoisotopic (exact) mass is 641 g/mol. The number of unbranched alkanes of at least 4 members (excludes halogenated alkanes) is 1. The van der Waals surface area contributed by atoms with Crippen molar-refractivity contribution < 1.29 is 39.9 Å². The number of hydrogen-bond acceptors (Lipinski definition) is 9. The summed E-state index contributed by atoms with van der Waals surface area (Å²) in [6.45, 7) is 6.01. The molecule has 0 radical (unpaired) electrons. The van der Waals surface area contributed by atoms with Crippen molar-refractivity contribution in [2.24, 2.45) is 11.1 Å². The number of ether oxygens (including phenoxy) is 2. The number of benzene rings is 1. The van der Waals surface area contributed by atoms with E-state index in [0.717, 1.165) is 43.4 Å². The Bertz CT molecular complexity index is 1560. The maximum atomic E-state index is 13.7. The van der Waals surface area contributed by atoms with E-state index in [0.29, 0.717) is 5.56 Å². The van der Waals surface area contributed by atoms with E-state index in [4.69, 9.17) is 14.6 Å². The number of aryl methyl sites for hydroxylation is 1. The molecule has 0 fully saturated rings. The molecule has 236 valence electrons. The van der Waals surface area contributed by atoms with E-state index in [2.05, 4.69) is 16.9 Å². The number of aromatic nitrogens is 2. The summed E-state index contributed by atoms with van der Waals surface area (Å²) in [6, 6.07) is 13.8. The maximum Gasteiger partial charge on any atom is 0.306 e. The van der Waals surface area contributed by atoms with Crippen LogP contribution < -0.4 is 9.88 Å². The fourth-order valence-corrected chi connectivity index (χ4v) is 5.76. The summed E-state index contributed by atoms with van der Waals surface area (Å²) in [4.78, 5) is 18.8. The van der Waals surface area contributed by atoms with Gasteiger partial charge in [-0.2, -0.15) is 8.78 Å². The first-order valence-electron chi connectivity index (χ1n) is 13.6. The van der Waals surface area contributed by atoms with Crippen LogP contribution in [0.5, 0.6) is 5.75 Å². The van der Waals surface area contributed by atoms with E-state index >= 15 is 0 Å². The number of sulfone groups is 1. The van der Waals surface area contributed by atoms with Crippen LogP contribution in [0.2, 0.25) is 0 Å². The molecule has 0 saturated heterocycles. The second-order valence-corrected chi connectivity index (χ2v) is 13.2. The largest absolute Gasteiger partial charge is 0.486 e. The number of rotatable bonds is 14. The van der Waals surface area contributed by atoms with Gasteiger partial charge in [-0.25, -0.2) is 31.9 Å². The van der Waals surface area contributed by atoms with Gasteiger partial charge in [0.25, 0.3) is 10.0 Å². The third-order valence-electron chi connectivity index (χ3n) is 6.21. The summed E-state index contributed by atoms with van der Waals surface area (Å²) in [7, 11) is -7.96. The molecular weight excluding hydrogens is 604 g/mol. The van der Waals surface area contributed by atoms with Crippen molar-refractivity contribution in [2.45, 2.75) is 69.5 Å². The van der Waals surface area contributed by atoms with E-state index < -0.39 is 53.5 Å². The van der Waals surface area contributed by atoms with Crippen LogP contribution in [0.15, 0.2) is 64.6 Å². The van der Waals surface area contributed by atoms with Crippen molar-refractivity contribution in [3.8, 4) is 5.75 Å². The second kappa shape index (κ2) is 17.0. The lowest BCUT2D eigenvalue weighted by molar-refractivity contribution is -0.144. The SMILES string of the molecule is CCCCC(CC)COC(=O)CCS(=O)(=O)c1nc(F)ccc1OCc1ccccc1.Cc1ccc(F)nc1S(N)(=O)=O. The zero-order valence-electron chi connectivity index (χ0n) is 24.3. The summed E-state index contributed by atoms with van der Waals surface area (Å²) in [6.07, 6.45) is 3.65. The number of carbonyl (C=O) groups excluding carboxylic acids is 1. The average molecular weight is 642 g/mol. The van der Waals surface area contributed by atoms with Gasteiger partial charge in [0.2, 0.25) is 11.9 Å². The van der Waals surface area contributed by atoms with Crippen molar-refractivity contribution >= 4 is 25.8 Å². The van der Waals surface area contributed by atoms with E-state index in [-0.39, 0.29) is 31.3 Å². The molecule has 1 atom stereocenters. The van der Waals surface area contributed by atoms with Gasteiger partial charge in [0.05, 0.1) is 18.8 Å². The number of hydrogen-bond donors (Lipinski definition) is 1. The Morgan fingerprint density at radius 3 is 2.14 bits per heavy atom. The molecule has 0 amide bonds.